The molecule has 0 heterocycles. The minimum absolute atomic E-state index is 0.0518. The van der Waals surface area contributed by atoms with E-state index in [1.165, 1.54) is 25.7 Å². The Morgan fingerprint density at radius 1 is 1.15 bits per heavy atom. The molecular formula is C22H38N2O2Si. The van der Waals surface area contributed by atoms with E-state index >= 15 is 0 Å². The maximum atomic E-state index is 12.2. The van der Waals surface area contributed by atoms with E-state index in [4.69, 9.17) is 4.43 Å². The van der Waals surface area contributed by atoms with E-state index < -0.39 is 8.32 Å². The van der Waals surface area contributed by atoms with Crippen molar-refractivity contribution in [2.45, 2.75) is 83.5 Å². The number of hydrogen-bond acceptors (Lipinski definition) is 3. The summed E-state index contributed by atoms with van der Waals surface area (Å²) in [5.74, 6) is 0.595. The molecule has 152 valence electrons. The zero-order valence-corrected chi connectivity index (χ0v) is 18.8. The van der Waals surface area contributed by atoms with E-state index in [1.54, 1.807) is 0 Å². The fraction of sp³-hybridized carbons (Fsp3) is 0.682. The van der Waals surface area contributed by atoms with Crippen LogP contribution < -0.4 is 10.9 Å². The lowest BCUT2D eigenvalue weighted by Crippen LogP contribution is -2.45. The van der Waals surface area contributed by atoms with Gasteiger partial charge in [-0.1, -0.05) is 51.8 Å². The summed E-state index contributed by atoms with van der Waals surface area (Å²) in [6, 6.07) is 9.76. The minimum Gasteiger partial charge on any atom is -0.417 e. The van der Waals surface area contributed by atoms with Crippen LogP contribution in [0.3, 0.4) is 0 Å². The van der Waals surface area contributed by atoms with E-state index in [0.717, 1.165) is 19.4 Å². The molecule has 1 amide bonds. The highest BCUT2D eigenvalue weighted by molar-refractivity contribution is 6.74. The molecule has 4 nitrogen and oxygen atoms in total. The predicted octanol–water partition coefficient (Wildman–Crippen LogP) is 5.28. The lowest BCUT2D eigenvalue weighted by Gasteiger charge is -2.36. The number of carbonyl (C=O) groups is 1. The predicted molar refractivity (Wildman–Crippen MR) is 115 cm³/mol. The summed E-state index contributed by atoms with van der Waals surface area (Å²) in [5, 5.41) is 0.282. The van der Waals surface area contributed by atoms with Gasteiger partial charge in [-0.15, -0.1) is 0 Å². The first-order valence-corrected chi connectivity index (χ1v) is 13.4. The van der Waals surface area contributed by atoms with Gasteiger partial charge in [-0.3, -0.25) is 10.2 Å². The third kappa shape index (κ3) is 6.73. The van der Waals surface area contributed by atoms with Gasteiger partial charge in [0.2, 0.25) is 0 Å². The third-order valence-corrected chi connectivity index (χ3v) is 10.8. The van der Waals surface area contributed by atoms with Gasteiger partial charge in [0.15, 0.2) is 8.32 Å². The van der Waals surface area contributed by atoms with Crippen molar-refractivity contribution in [3.63, 3.8) is 0 Å². The minimum atomic E-state index is -1.62. The molecular weight excluding hydrogens is 352 g/mol. The number of benzene rings is 1. The number of rotatable bonds is 9. The number of amides is 1. The highest BCUT2D eigenvalue weighted by Gasteiger charge is 2.36. The Kier molecular flexibility index (Phi) is 8.07. The molecule has 1 aromatic carbocycles. The van der Waals surface area contributed by atoms with Crippen LogP contribution in [0.15, 0.2) is 30.3 Å². The van der Waals surface area contributed by atoms with Crippen molar-refractivity contribution in [3.05, 3.63) is 35.9 Å². The first-order chi connectivity index (χ1) is 12.7. The Bertz CT molecular complexity index is 584. The van der Waals surface area contributed by atoms with Crippen LogP contribution in [0.1, 0.15) is 69.7 Å². The zero-order chi connectivity index (χ0) is 19.9. The first kappa shape index (κ1) is 22.1. The van der Waals surface area contributed by atoms with E-state index in [0.29, 0.717) is 17.5 Å². The zero-order valence-electron chi connectivity index (χ0n) is 17.8. The van der Waals surface area contributed by atoms with E-state index in [1.807, 2.05) is 30.3 Å². The second kappa shape index (κ2) is 9.85. The van der Waals surface area contributed by atoms with Gasteiger partial charge in [0.25, 0.3) is 5.91 Å². The molecule has 0 spiro atoms. The molecule has 5 heteroatoms. The molecule has 1 aromatic rings. The fourth-order valence-electron chi connectivity index (χ4n) is 3.44. The van der Waals surface area contributed by atoms with Gasteiger partial charge in [0, 0.05) is 18.2 Å². The molecule has 1 aliphatic rings. The lowest BCUT2D eigenvalue weighted by atomic mass is 9.97. The molecule has 27 heavy (non-hydrogen) atoms. The highest BCUT2D eigenvalue weighted by atomic mass is 28.4. The van der Waals surface area contributed by atoms with Crippen molar-refractivity contribution in [1.82, 2.24) is 10.9 Å². The first-order valence-electron chi connectivity index (χ1n) is 10.5. The van der Waals surface area contributed by atoms with Gasteiger partial charge in [-0.05, 0) is 61.9 Å². The molecule has 0 bridgehead atoms. The summed E-state index contributed by atoms with van der Waals surface area (Å²) in [7, 11) is -1.62. The van der Waals surface area contributed by atoms with Gasteiger partial charge in [-0.25, -0.2) is 5.43 Å². The van der Waals surface area contributed by atoms with Crippen LogP contribution in [0.5, 0.6) is 0 Å². The Hall–Kier alpha value is -1.17. The number of unbranched alkanes of at least 4 members (excludes halogenated alkanes) is 1. The van der Waals surface area contributed by atoms with Crippen LogP contribution in [0, 0.1) is 5.92 Å². The average Bonchev–Trinajstić information content (AvgIpc) is 3.06. The Labute approximate surface area is 166 Å². The SMILES string of the molecule is CC(C)(C)[Si](C)(C)OCCCCC1CCCC1NNC(=O)c1ccccc1. The molecule has 2 unspecified atom stereocenters. The lowest BCUT2D eigenvalue weighted by molar-refractivity contribution is 0.0919. The van der Waals surface area contributed by atoms with Crippen LogP contribution in [-0.2, 0) is 4.43 Å². The molecule has 1 aliphatic carbocycles. The van der Waals surface area contributed by atoms with Crippen molar-refractivity contribution < 1.29 is 9.22 Å². The van der Waals surface area contributed by atoms with E-state index in [-0.39, 0.29) is 10.9 Å². The highest BCUT2D eigenvalue weighted by Crippen LogP contribution is 2.36. The molecule has 0 aromatic heterocycles. The summed E-state index contributed by atoms with van der Waals surface area (Å²) >= 11 is 0. The summed E-state index contributed by atoms with van der Waals surface area (Å²) in [4.78, 5) is 12.2. The van der Waals surface area contributed by atoms with Gasteiger partial charge >= 0.3 is 0 Å². The van der Waals surface area contributed by atoms with E-state index in [9.17, 15) is 4.79 Å². The Morgan fingerprint density at radius 3 is 2.52 bits per heavy atom. The molecule has 2 atom stereocenters. The maximum Gasteiger partial charge on any atom is 0.265 e. The van der Waals surface area contributed by atoms with Crippen molar-refractivity contribution in [2.75, 3.05) is 6.61 Å². The average molecular weight is 391 g/mol. The molecule has 0 radical (unpaired) electrons. The summed E-state index contributed by atoms with van der Waals surface area (Å²) in [5.41, 5.74) is 6.89. The number of hydrogen-bond donors (Lipinski definition) is 2. The molecule has 2 rings (SSSR count). The van der Waals surface area contributed by atoms with Gasteiger partial charge in [-0.2, -0.15) is 0 Å². The number of hydrazine groups is 1. The normalized spacial score (nSPS) is 20.6. The maximum absolute atomic E-state index is 12.2. The van der Waals surface area contributed by atoms with Crippen LogP contribution in [0.25, 0.3) is 0 Å². The number of carbonyl (C=O) groups excluding carboxylic acids is 1. The Balaban J connectivity index is 1.67. The summed E-state index contributed by atoms with van der Waals surface area (Å²) in [6.45, 7) is 12.4. The van der Waals surface area contributed by atoms with Gasteiger partial charge in [0.1, 0.15) is 0 Å². The molecule has 0 aliphatic heterocycles. The molecule has 1 fully saturated rings. The number of nitrogens with one attached hydrogen (secondary N) is 2. The van der Waals surface area contributed by atoms with Crippen molar-refractivity contribution in [1.29, 1.82) is 0 Å². The molecule has 0 saturated heterocycles. The largest absolute Gasteiger partial charge is 0.417 e. The second-order valence-electron chi connectivity index (χ2n) is 9.37. The Morgan fingerprint density at radius 2 is 1.85 bits per heavy atom. The van der Waals surface area contributed by atoms with Crippen LogP contribution >= 0.6 is 0 Å². The van der Waals surface area contributed by atoms with E-state index in [2.05, 4.69) is 44.7 Å². The smallest absolute Gasteiger partial charge is 0.265 e. The fourth-order valence-corrected chi connectivity index (χ4v) is 4.53. The van der Waals surface area contributed by atoms with Crippen molar-refractivity contribution >= 4 is 14.2 Å². The standard InChI is InChI=1S/C22H38N2O2Si/c1-22(2,3)27(4,5)26-17-10-9-12-18-15-11-16-20(18)23-24-21(25)19-13-7-6-8-14-19/h6-8,13-14,18,20,23H,9-12,15-17H2,1-5H3,(H,24,25). The monoisotopic (exact) mass is 390 g/mol. The quantitative estimate of drug-likeness (QED) is 0.342. The molecule has 2 N–H and O–H groups in total. The van der Waals surface area contributed by atoms with Gasteiger partial charge < -0.3 is 4.43 Å². The van der Waals surface area contributed by atoms with Crippen LogP contribution in [0.4, 0.5) is 0 Å². The van der Waals surface area contributed by atoms with Crippen LogP contribution in [-0.4, -0.2) is 26.9 Å². The molecule has 1 saturated carbocycles. The van der Waals surface area contributed by atoms with Gasteiger partial charge in [0.05, 0.1) is 0 Å². The third-order valence-electron chi connectivity index (χ3n) is 6.30. The second-order valence-corrected chi connectivity index (χ2v) is 14.2. The van der Waals surface area contributed by atoms with Crippen molar-refractivity contribution in [2.24, 2.45) is 5.92 Å². The summed E-state index contributed by atoms with van der Waals surface area (Å²) < 4.78 is 6.28. The topological polar surface area (TPSA) is 50.4 Å². The van der Waals surface area contributed by atoms with Crippen LogP contribution in [0.2, 0.25) is 18.1 Å². The summed E-state index contributed by atoms with van der Waals surface area (Å²) in [6.07, 6.45) is 7.17. The van der Waals surface area contributed by atoms with Crippen molar-refractivity contribution in [3.8, 4) is 0 Å².